The van der Waals surface area contributed by atoms with Crippen LogP contribution in [0, 0.1) is 20.8 Å². The summed E-state index contributed by atoms with van der Waals surface area (Å²) in [4.78, 5) is 2.20. The molecule has 0 radical (unpaired) electrons. The second-order valence-corrected chi connectivity index (χ2v) is 6.27. The third kappa shape index (κ3) is 5.66. The van der Waals surface area contributed by atoms with Crippen LogP contribution in [0.25, 0.3) is 0 Å². The molecule has 2 rings (SSSR count). The lowest BCUT2D eigenvalue weighted by Gasteiger charge is -2.37. The monoisotopic (exact) mass is 350 g/mol. The van der Waals surface area contributed by atoms with Gasteiger partial charge < -0.3 is 5.32 Å². The highest BCUT2D eigenvalue weighted by atomic mass is 35.5. The maximum absolute atomic E-state index is 12.7. The van der Waals surface area contributed by atoms with Crippen LogP contribution in [-0.2, 0) is 0 Å². The Hall–Kier alpha value is -0.780. The molecule has 0 aromatic heterocycles. The van der Waals surface area contributed by atoms with Crippen LogP contribution < -0.4 is 5.32 Å². The van der Waals surface area contributed by atoms with Gasteiger partial charge in [-0.2, -0.15) is 13.2 Å². The first kappa shape index (κ1) is 20.3. The van der Waals surface area contributed by atoms with E-state index in [0.717, 1.165) is 48.4 Å². The highest BCUT2D eigenvalue weighted by molar-refractivity contribution is 5.85. The Morgan fingerprint density at radius 1 is 1.09 bits per heavy atom. The van der Waals surface area contributed by atoms with Gasteiger partial charge in [0.1, 0.15) is 0 Å². The van der Waals surface area contributed by atoms with E-state index in [1.165, 1.54) is 0 Å². The van der Waals surface area contributed by atoms with Crippen LogP contribution in [0.1, 0.15) is 41.1 Å². The highest BCUT2D eigenvalue weighted by Crippen LogP contribution is 2.35. The fourth-order valence-corrected chi connectivity index (χ4v) is 3.52. The summed E-state index contributed by atoms with van der Waals surface area (Å²) in [7, 11) is 0. The number of alkyl halides is 3. The van der Waals surface area contributed by atoms with E-state index in [4.69, 9.17) is 0 Å². The summed E-state index contributed by atoms with van der Waals surface area (Å²) in [6, 6.07) is 4.00. The Balaban J connectivity index is 0.00000264. The van der Waals surface area contributed by atoms with E-state index in [1.807, 2.05) is 20.8 Å². The lowest BCUT2D eigenvalue weighted by Crippen LogP contribution is -2.45. The zero-order valence-corrected chi connectivity index (χ0v) is 14.8. The molecule has 0 bridgehead atoms. The van der Waals surface area contributed by atoms with Gasteiger partial charge in [0.2, 0.25) is 0 Å². The van der Waals surface area contributed by atoms with Crippen molar-refractivity contribution in [3.8, 4) is 0 Å². The van der Waals surface area contributed by atoms with Crippen molar-refractivity contribution in [1.29, 1.82) is 0 Å². The van der Waals surface area contributed by atoms with Gasteiger partial charge >= 0.3 is 6.18 Å². The van der Waals surface area contributed by atoms with E-state index in [9.17, 15) is 13.2 Å². The number of benzene rings is 1. The van der Waals surface area contributed by atoms with Crippen LogP contribution in [0.4, 0.5) is 13.2 Å². The van der Waals surface area contributed by atoms with Crippen molar-refractivity contribution in [3.05, 3.63) is 34.4 Å². The van der Waals surface area contributed by atoms with Crippen molar-refractivity contribution in [2.45, 2.75) is 45.8 Å². The van der Waals surface area contributed by atoms with Crippen LogP contribution in [0.3, 0.4) is 0 Å². The van der Waals surface area contributed by atoms with Crippen molar-refractivity contribution in [2.75, 3.05) is 26.2 Å². The van der Waals surface area contributed by atoms with E-state index in [1.54, 1.807) is 0 Å². The molecule has 1 atom stereocenters. The molecule has 1 aromatic rings. The molecule has 1 N–H and O–H groups in total. The van der Waals surface area contributed by atoms with Gasteiger partial charge in [-0.15, -0.1) is 12.4 Å². The second-order valence-electron chi connectivity index (χ2n) is 6.27. The minimum atomic E-state index is -4.10. The molecule has 1 aliphatic rings. The average molecular weight is 351 g/mol. The number of nitrogens with one attached hydrogen (secondary N) is 1. The molecule has 6 heteroatoms. The maximum Gasteiger partial charge on any atom is 0.389 e. The Morgan fingerprint density at radius 3 is 2.09 bits per heavy atom. The van der Waals surface area contributed by atoms with E-state index in [0.29, 0.717) is 0 Å². The van der Waals surface area contributed by atoms with Crippen LogP contribution in [0.15, 0.2) is 12.1 Å². The molecule has 1 saturated heterocycles. The average Bonchev–Trinajstić information content (AvgIpc) is 2.41. The van der Waals surface area contributed by atoms with Crippen LogP contribution in [-0.4, -0.2) is 37.3 Å². The van der Waals surface area contributed by atoms with E-state index in [2.05, 4.69) is 22.3 Å². The fraction of sp³-hybridized carbons (Fsp3) is 0.647. The predicted octanol–water partition coefficient (Wildman–Crippen LogP) is 4.32. The first-order chi connectivity index (χ1) is 10.3. The van der Waals surface area contributed by atoms with Gasteiger partial charge in [-0.25, -0.2) is 0 Å². The van der Waals surface area contributed by atoms with Crippen LogP contribution in [0.5, 0.6) is 0 Å². The third-order valence-corrected chi connectivity index (χ3v) is 4.36. The number of hydrogen-bond donors (Lipinski definition) is 1. The Morgan fingerprint density at radius 2 is 1.61 bits per heavy atom. The summed E-state index contributed by atoms with van der Waals surface area (Å²) in [5.41, 5.74) is 4.44. The Labute approximate surface area is 142 Å². The van der Waals surface area contributed by atoms with Crippen molar-refractivity contribution >= 4 is 12.4 Å². The van der Waals surface area contributed by atoms with Gasteiger partial charge in [0.05, 0.1) is 0 Å². The SMILES string of the molecule is Cc1cc(C)c([C@H](CCC(F)(F)F)N2CCNCC2)c(C)c1.Cl. The summed E-state index contributed by atoms with van der Waals surface area (Å²) in [5.74, 6) is 0. The quantitative estimate of drug-likeness (QED) is 0.869. The molecule has 1 fully saturated rings. The molecule has 1 heterocycles. The van der Waals surface area contributed by atoms with Gasteiger partial charge in [-0.05, 0) is 43.9 Å². The molecule has 1 aliphatic heterocycles. The molecule has 0 aliphatic carbocycles. The van der Waals surface area contributed by atoms with Gasteiger partial charge in [0.25, 0.3) is 0 Å². The highest BCUT2D eigenvalue weighted by Gasteiger charge is 2.32. The van der Waals surface area contributed by atoms with E-state index in [-0.39, 0.29) is 24.9 Å². The molecule has 0 saturated carbocycles. The molecule has 0 spiro atoms. The maximum atomic E-state index is 12.7. The molecule has 0 unspecified atom stereocenters. The van der Waals surface area contributed by atoms with Crippen molar-refractivity contribution in [2.24, 2.45) is 0 Å². The molecule has 1 aromatic carbocycles. The fourth-order valence-electron chi connectivity index (χ4n) is 3.52. The standard InChI is InChI=1S/C17H25F3N2.ClH/c1-12-10-13(2)16(14(3)11-12)15(4-5-17(18,19)20)22-8-6-21-7-9-22;/h10-11,15,21H,4-9H2,1-3H3;1H/t15-;/m0./s1. The largest absolute Gasteiger partial charge is 0.389 e. The molecule has 23 heavy (non-hydrogen) atoms. The normalized spacial score (nSPS) is 17.7. The first-order valence-corrected chi connectivity index (χ1v) is 7.87. The second kappa shape index (κ2) is 8.36. The lowest BCUT2D eigenvalue weighted by molar-refractivity contribution is -0.138. The molecule has 132 valence electrons. The number of halogens is 4. The minimum Gasteiger partial charge on any atom is -0.314 e. The van der Waals surface area contributed by atoms with Gasteiger partial charge in [0, 0.05) is 38.6 Å². The van der Waals surface area contributed by atoms with E-state index >= 15 is 0 Å². The first-order valence-electron chi connectivity index (χ1n) is 7.87. The third-order valence-electron chi connectivity index (χ3n) is 4.36. The molecular weight excluding hydrogens is 325 g/mol. The topological polar surface area (TPSA) is 15.3 Å². The zero-order chi connectivity index (χ0) is 16.3. The smallest absolute Gasteiger partial charge is 0.314 e. The Kier molecular flexibility index (Phi) is 7.36. The number of hydrogen-bond acceptors (Lipinski definition) is 2. The van der Waals surface area contributed by atoms with Crippen LogP contribution in [0.2, 0.25) is 0 Å². The van der Waals surface area contributed by atoms with Crippen molar-refractivity contribution in [3.63, 3.8) is 0 Å². The number of nitrogens with zero attached hydrogens (tertiary/aromatic N) is 1. The predicted molar refractivity (Wildman–Crippen MR) is 90.4 cm³/mol. The molecule has 2 nitrogen and oxygen atoms in total. The summed E-state index contributed by atoms with van der Waals surface area (Å²) >= 11 is 0. The van der Waals surface area contributed by atoms with E-state index < -0.39 is 12.6 Å². The van der Waals surface area contributed by atoms with Crippen LogP contribution >= 0.6 is 12.4 Å². The van der Waals surface area contributed by atoms with Crippen molar-refractivity contribution in [1.82, 2.24) is 10.2 Å². The lowest BCUT2D eigenvalue weighted by atomic mass is 9.90. The van der Waals surface area contributed by atoms with Gasteiger partial charge in [0.15, 0.2) is 0 Å². The summed E-state index contributed by atoms with van der Waals surface area (Å²) < 4.78 is 38.2. The number of rotatable bonds is 4. The van der Waals surface area contributed by atoms with Gasteiger partial charge in [-0.1, -0.05) is 17.7 Å². The minimum absolute atomic E-state index is 0. The van der Waals surface area contributed by atoms with Gasteiger partial charge in [-0.3, -0.25) is 4.90 Å². The number of piperazine rings is 1. The summed E-state index contributed by atoms with van der Waals surface area (Å²) in [5, 5.41) is 3.27. The summed E-state index contributed by atoms with van der Waals surface area (Å²) in [6.07, 6.45) is -4.69. The van der Waals surface area contributed by atoms with Crippen molar-refractivity contribution < 1.29 is 13.2 Å². The molecular formula is C17H26ClF3N2. The summed E-state index contributed by atoms with van der Waals surface area (Å²) in [6.45, 7) is 9.33. The number of aryl methyl sites for hydroxylation is 3. The zero-order valence-electron chi connectivity index (χ0n) is 14.0. The molecule has 0 amide bonds. The Bertz CT molecular complexity index is 488.